The van der Waals surface area contributed by atoms with Crippen LogP contribution in [0.1, 0.15) is 24.2 Å². The number of ether oxygens (including phenoxy) is 1. The van der Waals surface area contributed by atoms with E-state index in [4.69, 9.17) is 4.74 Å². The highest BCUT2D eigenvalue weighted by Gasteiger charge is 2.25. The maximum atomic E-state index is 12.6. The van der Waals surface area contributed by atoms with E-state index in [1.807, 2.05) is 18.4 Å². The third-order valence-corrected chi connectivity index (χ3v) is 5.55. The smallest absolute Gasteiger partial charge is 0.258 e. The minimum absolute atomic E-state index is 0.224. The first-order valence-electron chi connectivity index (χ1n) is 8.23. The molecule has 0 aliphatic rings. The molecule has 6 nitrogen and oxygen atoms in total. The molecule has 1 N–H and O–H groups in total. The lowest BCUT2D eigenvalue weighted by Crippen LogP contribution is -2.40. The van der Waals surface area contributed by atoms with Gasteiger partial charge in [-0.3, -0.25) is 4.79 Å². The third-order valence-electron chi connectivity index (χ3n) is 3.46. The van der Waals surface area contributed by atoms with Crippen molar-refractivity contribution in [1.82, 2.24) is 19.9 Å². The van der Waals surface area contributed by atoms with Crippen LogP contribution in [-0.4, -0.2) is 40.7 Å². The molecule has 0 aromatic carbocycles. The van der Waals surface area contributed by atoms with Crippen molar-refractivity contribution in [3.8, 4) is 0 Å². The molecule has 8 heteroatoms. The van der Waals surface area contributed by atoms with E-state index >= 15 is 0 Å². The highest BCUT2D eigenvalue weighted by Crippen LogP contribution is 2.21. The predicted octanol–water partition coefficient (Wildman–Crippen LogP) is 3.85. The summed E-state index contributed by atoms with van der Waals surface area (Å²) in [6.45, 7) is 15.6. The van der Waals surface area contributed by atoms with E-state index in [1.165, 1.54) is 0 Å². The molecule has 1 amide bonds. The molecule has 0 aliphatic heterocycles. The highest BCUT2D eigenvalue weighted by molar-refractivity contribution is 9.10. The van der Waals surface area contributed by atoms with Gasteiger partial charge in [0, 0.05) is 34.7 Å². The molecule has 0 atom stereocenters. The Morgan fingerprint density at radius 2 is 2.12 bits per heavy atom. The van der Waals surface area contributed by atoms with Crippen molar-refractivity contribution in [2.45, 2.75) is 51.8 Å². The van der Waals surface area contributed by atoms with Gasteiger partial charge < -0.3 is 14.6 Å². The van der Waals surface area contributed by atoms with Gasteiger partial charge in [-0.05, 0) is 22.0 Å². The molecular weight excluding hydrogens is 400 g/mol. The average Bonchev–Trinajstić information content (AvgIpc) is 2.79. The van der Waals surface area contributed by atoms with E-state index in [2.05, 4.69) is 57.8 Å². The van der Waals surface area contributed by atoms with Crippen LogP contribution in [0.3, 0.4) is 0 Å². The van der Waals surface area contributed by atoms with Crippen molar-refractivity contribution >= 4 is 41.1 Å². The molecule has 0 unspecified atom stereocenters. The zero-order chi connectivity index (χ0) is 18.8. The number of carbonyl (C=O) groups is 1. The van der Waals surface area contributed by atoms with E-state index in [0.717, 1.165) is 6.04 Å². The van der Waals surface area contributed by atoms with Gasteiger partial charge >= 0.3 is 0 Å². The monoisotopic (exact) mass is 425 g/mol. The molecule has 2 aromatic heterocycles. The van der Waals surface area contributed by atoms with Crippen LogP contribution in [0.5, 0.6) is 0 Å². The topological polar surface area (TPSA) is 69.0 Å². The number of nitrogens with zero attached hydrogens (tertiary/aromatic N) is 3. The lowest BCUT2D eigenvalue weighted by molar-refractivity contribution is 0.0888. The summed E-state index contributed by atoms with van der Waals surface area (Å²) in [4.78, 5) is 21.4. The first-order chi connectivity index (χ1) is 11.5. The molecule has 0 aliphatic carbocycles. The number of aromatic nitrogens is 3. The van der Waals surface area contributed by atoms with Crippen LogP contribution >= 0.6 is 15.9 Å². The highest BCUT2D eigenvalue weighted by atomic mass is 79.9. The Labute approximate surface area is 158 Å². The molecule has 25 heavy (non-hydrogen) atoms. The number of amides is 1. The molecule has 0 bridgehead atoms. The summed E-state index contributed by atoms with van der Waals surface area (Å²) in [5.74, 6) is -0.224. The van der Waals surface area contributed by atoms with E-state index < -0.39 is 13.6 Å². The van der Waals surface area contributed by atoms with Crippen LogP contribution in [0.15, 0.2) is 17.0 Å². The zero-order valence-corrected chi connectivity index (χ0v) is 18.1. The molecule has 136 valence electrons. The predicted molar refractivity (Wildman–Crippen MR) is 106 cm³/mol. The van der Waals surface area contributed by atoms with Crippen LogP contribution < -0.4 is 5.32 Å². The Morgan fingerprint density at radius 3 is 2.72 bits per heavy atom. The van der Waals surface area contributed by atoms with Crippen LogP contribution in [-0.2, 0) is 11.5 Å². The number of carbonyl (C=O) groups excluding carboxylic acids is 1. The summed E-state index contributed by atoms with van der Waals surface area (Å²) in [6, 6.07) is 1.09. The first kappa shape index (κ1) is 19.9. The van der Waals surface area contributed by atoms with Gasteiger partial charge in [0.15, 0.2) is 11.2 Å². The fraction of sp³-hybridized carbons (Fsp3) is 0.529. The summed E-state index contributed by atoms with van der Waals surface area (Å²) in [7, 11) is -1.14. The lowest BCUT2D eigenvalue weighted by atomic mass is 10.1. The first-order valence-corrected chi connectivity index (χ1v) is 12.7. The van der Waals surface area contributed by atoms with Crippen LogP contribution in [0.2, 0.25) is 25.7 Å². The second kappa shape index (κ2) is 7.47. The van der Waals surface area contributed by atoms with Crippen molar-refractivity contribution in [2.24, 2.45) is 0 Å². The van der Waals surface area contributed by atoms with E-state index in [-0.39, 0.29) is 5.91 Å². The molecule has 0 saturated heterocycles. The summed E-state index contributed by atoms with van der Waals surface area (Å²) >= 11 is 3.32. The lowest BCUT2D eigenvalue weighted by Gasteiger charge is -2.15. The van der Waals surface area contributed by atoms with Crippen molar-refractivity contribution in [1.29, 1.82) is 0 Å². The Balaban J connectivity index is 2.25. The van der Waals surface area contributed by atoms with Gasteiger partial charge in [0.05, 0.1) is 18.7 Å². The van der Waals surface area contributed by atoms with Crippen LogP contribution in [0.4, 0.5) is 0 Å². The van der Waals surface area contributed by atoms with Crippen molar-refractivity contribution in [3.63, 3.8) is 0 Å². The second-order valence-electron chi connectivity index (χ2n) is 8.06. The van der Waals surface area contributed by atoms with Crippen molar-refractivity contribution in [3.05, 3.63) is 29.5 Å². The Morgan fingerprint density at radius 1 is 1.44 bits per heavy atom. The van der Waals surface area contributed by atoms with Gasteiger partial charge in [0.1, 0.15) is 16.9 Å². The molecule has 0 saturated carbocycles. The quantitative estimate of drug-likeness (QED) is 0.415. The summed E-state index contributed by atoms with van der Waals surface area (Å²) in [5, 5.41) is 2.87. The fourth-order valence-corrected chi connectivity index (χ4v) is 3.25. The number of halogens is 1. The SMILES string of the molecule is [CH2+]C(C)(C)NC(=O)c1cn(COCC[Si](C)(C)C)c2ncc(Br)nc12. The molecule has 2 aromatic rings. The molecule has 2 heterocycles. The maximum Gasteiger partial charge on any atom is 0.258 e. The molecule has 0 radical (unpaired) electrons. The van der Waals surface area contributed by atoms with Gasteiger partial charge in [-0.25, -0.2) is 9.97 Å². The summed E-state index contributed by atoms with van der Waals surface area (Å²) in [5.41, 5.74) is 1.07. The normalized spacial score (nSPS) is 12.6. The number of hydrogen-bond donors (Lipinski definition) is 1. The summed E-state index contributed by atoms with van der Waals surface area (Å²) in [6.07, 6.45) is 3.36. The average molecular weight is 426 g/mol. The van der Waals surface area contributed by atoms with Gasteiger partial charge in [0.25, 0.3) is 5.91 Å². The second-order valence-corrected chi connectivity index (χ2v) is 14.5. The Hall–Kier alpha value is -1.38. The van der Waals surface area contributed by atoms with Crippen LogP contribution in [0.25, 0.3) is 11.2 Å². The zero-order valence-electron chi connectivity index (χ0n) is 15.5. The molecule has 0 fully saturated rings. The maximum absolute atomic E-state index is 12.6. The van der Waals surface area contributed by atoms with E-state index in [0.29, 0.717) is 34.7 Å². The van der Waals surface area contributed by atoms with E-state index in [1.54, 1.807) is 12.4 Å². The molecule has 2 rings (SSSR count). The Kier molecular flexibility index (Phi) is 5.96. The number of fused-ring (bicyclic) bond motifs is 1. The van der Waals surface area contributed by atoms with Gasteiger partial charge in [-0.2, -0.15) is 0 Å². The van der Waals surface area contributed by atoms with Gasteiger partial charge in [-0.1, -0.05) is 19.6 Å². The number of hydrogen-bond acceptors (Lipinski definition) is 4. The van der Waals surface area contributed by atoms with E-state index in [9.17, 15) is 4.79 Å². The minimum atomic E-state index is -1.14. The van der Waals surface area contributed by atoms with Crippen LogP contribution in [0, 0.1) is 6.92 Å². The summed E-state index contributed by atoms with van der Waals surface area (Å²) < 4.78 is 8.21. The van der Waals surface area contributed by atoms with Crippen molar-refractivity contribution in [2.75, 3.05) is 6.61 Å². The minimum Gasteiger partial charge on any atom is -0.361 e. The molecule has 0 spiro atoms. The molecular formula is C17H26BrN4O2Si+. The van der Waals surface area contributed by atoms with Crippen molar-refractivity contribution < 1.29 is 9.53 Å². The number of nitrogens with one attached hydrogen (secondary N) is 1. The van der Waals surface area contributed by atoms with Gasteiger partial charge in [-0.15, -0.1) is 0 Å². The third kappa shape index (κ3) is 5.83. The fourth-order valence-electron chi connectivity index (χ4n) is 2.21. The number of rotatable bonds is 7. The largest absolute Gasteiger partial charge is 0.361 e. The standard InChI is InChI=1S/C17H25BrN4O2Si/c1-17(2,3)21-16(23)12-10-22(11-24-7-8-25(4,5)6)15-14(12)20-13(18)9-19-15/h9-10H,1,7-8,11H2,2-6H3/p+1. The van der Waals surface area contributed by atoms with Gasteiger partial charge in [0.2, 0.25) is 0 Å². The Bertz CT molecular complexity index is 762.